The molecule has 0 radical (unpaired) electrons. The lowest BCUT2D eigenvalue weighted by atomic mass is 10.0. The molecule has 2 heterocycles. The molecule has 0 atom stereocenters. The number of benzene rings is 2. The van der Waals surface area contributed by atoms with E-state index in [0.717, 1.165) is 23.5 Å². The third kappa shape index (κ3) is 6.38. The average molecular weight is 549 g/mol. The predicted molar refractivity (Wildman–Crippen MR) is 143 cm³/mol. The Labute approximate surface area is 227 Å². The molecule has 39 heavy (non-hydrogen) atoms. The molecule has 0 aliphatic rings. The second-order valence-electron chi connectivity index (χ2n) is 8.56. The van der Waals surface area contributed by atoms with E-state index in [-0.39, 0.29) is 27.7 Å². The van der Waals surface area contributed by atoms with E-state index in [2.05, 4.69) is 10.1 Å². The Morgan fingerprint density at radius 3 is 2.51 bits per heavy atom. The molecular weight excluding hydrogens is 525 g/mol. The second-order valence-corrected chi connectivity index (χ2v) is 9.53. The SMILES string of the molecule is COc1ccc(/C=C/C(=O)c2cc(C)nn2C)cc1CSc1nc(C(F)(F)F)cc(-c2ccccc2)c1C#N. The molecule has 0 saturated carbocycles. The topological polar surface area (TPSA) is 80.8 Å². The predicted octanol–water partition coefficient (Wildman–Crippen LogP) is 6.88. The zero-order chi connectivity index (χ0) is 28.2. The van der Waals surface area contributed by atoms with E-state index in [1.807, 2.05) is 6.07 Å². The number of methoxy groups -OCH3 is 1. The lowest BCUT2D eigenvalue weighted by Crippen LogP contribution is -2.10. The van der Waals surface area contributed by atoms with Crippen molar-refractivity contribution in [2.24, 2.45) is 7.05 Å². The van der Waals surface area contributed by atoms with E-state index >= 15 is 0 Å². The van der Waals surface area contributed by atoms with Gasteiger partial charge >= 0.3 is 6.18 Å². The molecular formula is C29H23F3N4O2S. The Bertz CT molecular complexity index is 1590. The van der Waals surface area contributed by atoms with Crippen LogP contribution in [0.3, 0.4) is 0 Å². The zero-order valence-corrected chi connectivity index (χ0v) is 22.1. The van der Waals surface area contributed by atoms with Gasteiger partial charge in [-0.2, -0.15) is 23.5 Å². The van der Waals surface area contributed by atoms with Crippen molar-refractivity contribution in [2.75, 3.05) is 7.11 Å². The van der Waals surface area contributed by atoms with Crippen molar-refractivity contribution < 1.29 is 22.7 Å². The first kappa shape index (κ1) is 27.7. The third-order valence-corrected chi connectivity index (χ3v) is 6.85. The van der Waals surface area contributed by atoms with E-state index in [9.17, 15) is 23.2 Å². The smallest absolute Gasteiger partial charge is 0.433 e. The number of ketones is 1. The number of nitrogens with zero attached hydrogens (tertiary/aromatic N) is 4. The van der Waals surface area contributed by atoms with E-state index in [4.69, 9.17) is 4.74 Å². The number of rotatable bonds is 8. The Balaban J connectivity index is 1.66. The van der Waals surface area contributed by atoms with Crippen LogP contribution in [-0.2, 0) is 19.0 Å². The van der Waals surface area contributed by atoms with Gasteiger partial charge in [0, 0.05) is 23.9 Å². The van der Waals surface area contributed by atoms with Crippen LogP contribution in [0.4, 0.5) is 13.2 Å². The van der Waals surface area contributed by atoms with Crippen LogP contribution >= 0.6 is 11.8 Å². The minimum Gasteiger partial charge on any atom is -0.496 e. The number of carbonyl (C=O) groups is 1. The number of ether oxygens (including phenoxy) is 1. The number of halogens is 3. The van der Waals surface area contributed by atoms with E-state index in [1.54, 1.807) is 74.6 Å². The molecule has 0 bridgehead atoms. The molecule has 0 N–H and O–H groups in total. The summed E-state index contributed by atoms with van der Waals surface area (Å²) in [6.45, 7) is 1.80. The van der Waals surface area contributed by atoms with Crippen molar-refractivity contribution in [1.29, 1.82) is 5.26 Å². The van der Waals surface area contributed by atoms with Gasteiger partial charge in [0.05, 0.1) is 18.4 Å². The summed E-state index contributed by atoms with van der Waals surface area (Å²) in [6, 6.07) is 18.3. The standard InChI is InChI=1S/C29H23F3N4O2S/c1-18-13-24(36(2)35-18)25(37)11-9-19-10-12-26(38-3)21(14-19)17-39-28-23(16-33)22(20-7-5-4-6-8-20)15-27(34-28)29(30,31)32/h4-15H,17H2,1-3H3/b11-9+. The maximum atomic E-state index is 13.7. The van der Waals surface area contributed by atoms with Crippen LogP contribution < -0.4 is 4.74 Å². The van der Waals surface area contributed by atoms with Crippen LogP contribution in [0.1, 0.15) is 38.6 Å². The number of aromatic nitrogens is 3. The number of nitriles is 1. The number of pyridine rings is 1. The number of allylic oxidation sites excluding steroid dienone is 1. The van der Waals surface area contributed by atoms with E-state index < -0.39 is 11.9 Å². The molecule has 0 unspecified atom stereocenters. The second kappa shape index (κ2) is 11.6. The maximum absolute atomic E-state index is 13.7. The maximum Gasteiger partial charge on any atom is 0.433 e. The zero-order valence-electron chi connectivity index (χ0n) is 21.3. The summed E-state index contributed by atoms with van der Waals surface area (Å²) >= 11 is 1.01. The fourth-order valence-corrected chi connectivity index (χ4v) is 4.97. The summed E-state index contributed by atoms with van der Waals surface area (Å²) in [6.07, 6.45) is -1.60. The average Bonchev–Trinajstić information content (AvgIpc) is 3.27. The number of alkyl halides is 3. The molecule has 0 spiro atoms. The van der Waals surface area contributed by atoms with Gasteiger partial charge in [0.1, 0.15) is 28.2 Å². The van der Waals surface area contributed by atoms with E-state index in [0.29, 0.717) is 28.1 Å². The lowest BCUT2D eigenvalue weighted by molar-refractivity contribution is -0.141. The molecule has 10 heteroatoms. The third-order valence-electron chi connectivity index (χ3n) is 5.82. The van der Waals surface area contributed by atoms with Crippen molar-refractivity contribution in [1.82, 2.24) is 14.8 Å². The molecule has 0 aliphatic carbocycles. The number of hydrogen-bond acceptors (Lipinski definition) is 6. The fraction of sp³-hybridized carbons (Fsp3) is 0.172. The molecule has 2 aromatic heterocycles. The summed E-state index contributed by atoms with van der Waals surface area (Å²) < 4.78 is 48.1. The van der Waals surface area contributed by atoms with Gasteiger partial charge in [0.2, 0.25) is 5.78 Å². The van der Waals surface area contributed by atoms with Gasteiger partial charge in [-0.05, 0) is 48.4 Å². The highest BCUT2D eigenvalue weighted by Crippen LogP contribution is 2.38. The molecule has 0 aliphatic heterocycles. The highest BCUT2D eigenvalue weighted by molar-refractivity contribution is 7.98. The van der Waals surface area contributed by atoms with Crippen LogP contribution in [0.5, 0.6) is 5.75 Å². The number of thioether (sulfide) groups is 1. The Kier molecular flexibility index (Phi) is 8.21. The van der Waals surface area contributed by atoms with Gasteiger partial charge in [0.25, 0.3) is 0 Å². The first-order valence-corrected chi connectivity index (χ1v) is 12.7. The summed E-state index contributed by atoms with van der Waals surface area (Å²) in [5.41, 5.74) is 2.17. The highest BCUT2D eigenvalue weighted by atomic mass is 32.2. The quantitative estimate of drug-likeness (QED) is 0.136. The molecule has 4 rings (SSSR count). The number of hydrogen-bond donors (Lipinski definition) is 0. The monoisotopic (exact) mass is 548 g/mol. The molecule has 0 saturated heterocycles. The largest absolute Gasteiger partial charge is 0.496 e. The normalized spacial score (nSPS) is 11.5. The summed E-state index contributed by atoms with van der Waals surface area (Å²) in [5, 5.41) is 14.0. The van der Waals surface area contributed by atoms with Crippen molar-refractivity contribution >= 4 is 23.6 Å². The molecule has 198 valence electrons. The summed E-state index contributed by atoms with van der Waals surface area (Å²) in [4.78, 5) is 16.4. The molecule has 6 nitrogen and oxygen atoms in total. The lowest BCUT2D eigenvalue weighted by Gasteiger charge is -2.15. The molecule has 0 amide bonds. The van der Waals surface area contributed by atoms with Crippen molar-refractivity contribution in [3.8, 4) is 22.9 Å². The van der Waals surface area contributed by atoms with E-state index in [1.165, 1.54) is 17.9 Å². The van der Waals surface area contributed by atoms with Crippen molar-refractivity contribution in [3.05, 3.63) is 101 Å². The van der Waals surface area contributed by atoms with Crippen LogP contribution in [0.25, 0.3) is 17.2 Å². The van der Waals surface area contributed by atoms with Gasteiger partial charge in [-0.3, -0.25) is 9.48 Å². The highest BCUT2D eigenvalue weighted by Gasteiger charge is 2.34. The minimum absolute atomic E-state index is 0.0315. The van der Waals surface area contributed by atoms with Gasteiger partial charge in [-0.1, -0.05) is 42.5 Å². The molecule has 4 aromatic rings. The summed E-state index contributed by atoms with van der Waals surface area (Å²) in [5.74, 6) is 0.476. The minimum atomic E-state index is -4.69. The molecule has 0 fully saturated rings. The van der Waals surface area contributed by atoms with Crippen LogP contribution in [0.2, 0.25) is 0 Å². The fourth-order valence-electron chi connectivity index (χ4n) is 3.98. The number of carbonyl (C=O) groups excluding carboxylic acids is 1. The van der Waals surface area contributed by atoms with Gasteiger partial charge in [-0.15, -0.1) is 11.8 Å². The summed E-state index contributed by atoms with van der Waals surface area (Å²) in [7, 11) is 3.18. The van der Waals surface area contributed by atoms with Crippen LogP contribution in [0.15, 0.2) is 71.8 Å². The Hall–Kier alpha value is -4.36. The van der Waals surface area contributed by atoms with Gasteiger partial charge in [-0.25, -0.2) is 4.98 Å². The first-order valence-electron chi connectivity index (χ1n) is 11.7. The van der Waals surface area contributed by atoms with Gasteiger partial charge in [0.15, 0.2) is 0 Å². The van der Waals surface area contributed by atoms with Gasteiger partial charge < -0.3 is 4.74 Å². The number of aryl methyl sites for hydroxylation is 2. The Morgan fingerprint density at radius 2 is 1.90 bits per heavy atom. The Morgan fingerprint density at radius 1 is 1.15 bits per heavy atom. The van der Waals surface area contributed by atoms with Crippen LogP contribution in [-0.4, -0.2) is 27.7 Å². The van der Waals surface area contributed by atoms with Crippen molar-refractivity contribution in [2.45, 2.75) is 23.9 Å². The van der Waals surface area contributed by atoms with Crippen molar-refractivity contribution in [3.63, 3.8) is 0 Å². The van der Waals surface area contributed by atoms with Crippen LogP contribution in [0, 0.1) is 18.3 Å². The first-order chi connectivity index (χ1) is 18.6. The molecule has 2 aromatic carbocycles.